The van der Waals surface area contributed by atoms with Gasteiger partial charge in [-0.2, -0.15) is 0 Å². The van der Waals surface area contributed by atoms with Gasteiger partial charge in [-0.05, 0) is 20.8 Å². The van der Waals surface area contributed by atoms with Crippen LogP contribution in [-0.4, -0.2) is 29.3 Å². The van der Waals surface area contributed by atoms with Gasteiger partial charge in [-0.25, -0.2) is 0 Å². The molecular formula is C6H16O3RuSi. The van der Waals surface area contributed by atoms with E-state index in [9.17, 15) is 0 Å². The Balaban J connectivity index is 0. The second-order valence-electron chi connectivity index (χ2n) is 1.65. The summed E-state index contributed by atoms with van der Waals surface area (Å²) >= 11 is 0. The van der Waals surface area contributed by atoms with E-state index in [0.717, 1.165) is 0 Å². The van der Waals surface area contributed by atoms with E-state index in [4.69, 9.17) is 13.3 Å². The first kappa shape index (κ1) is 14.3. The van der Waals surface area contributed by atoms with Crippen LogP contribution in [-0.2, 0) is 32.8 Å². The molecule has 0 unspecified atom stereocenters. The topological polar surface area (TPSA) is 27.7 Å². The Bertz CT molecular complexity index is 60.6. The zero-order chi connectivity index (χ0) is 7.82. The third kappa shape index (κ3) is 8.63. The molecule has 0 aliphatic heterocycles. The first-order valence-corrected chi connectivity index (χ1v) is 5.11. The van der Waals surface area contributed by atoms with E-state index in [1.165, 1.54) is 0 Å². The fourth-order valence-electron chi connectivity index (χ4n) is 0.553. The van der Waals surface area contributed by atoms with Gasteiger partial charge in [-0.1, -0.05) is 0 Å². The van der Waals surface area contributed by atoms with Gasteiger partial charge in [-0.15, -0.1) is 0 Å². The second kappa shape index (κ2) is 10.7. The third-order valence-corrected chi connectivity index (χ3v) is 2.72. The summed E-state index contributed by atoms with van der Waals surface area (Å²) in [4.78, 5) is 0. The predicted molar refractivity (Wildman–Crippen MR) is 42.0 cm³/mol. The number of hydrogen-bond acceptors (Lipinski definition) is 3. The fourth-order valence-corrected chi connectivity index (χ4v) is 1.66. The van der Waals surface area contributed by atoms with Crippen molar-refractivity contribution in [1.29, 1.82) is 0 Å². The van der Waals surface area contributed by atoms with Crippen molar-refractivity contribution in [2.45, 2.75) is 20.8 Å². The van der Waals surface area contributed by atoms with Crippen LogP contribution in [0.5, 0.6) is 0 Å². The average molecular weight is 265 g/mol. The summed E-state index contributed by atoms with van der Waals surface area (Å²) in [5.41, 5.74) is 0. The molecule has 5 heteroatoms. The average Bonchev–Trinajstić information content (AvgIpc) is 1.90. The molecule has 0 aromatic heterocycles. The van der Waals surface area contributed by atoms with Crippen molar-refractivity contribution in [3.05, 3.63) is 0 Å². The van der Waals surface area contributed by atoms with Crippen LogP contribution in [0.15, 0.2) is 0 Å². The molecule has 0 fully saturated rings. The summed E-state index contributed by atoms with van der Waals surface area (Å²) in [5.74, 6) is 0. The van der Waals surface area contributed by atoms with Crippen LogP contribution in [0.4, 0.5) is 0 Å². The molecule has 0 saturated heterocycles. The first-order valence-electron chi connectivity index (χ1n) is 3.69. The molecule has 0 N–H and O–H groups in total. The van der Waals surface area contributed by atoms with E-state index in [-0.39, 0.29) is 19.5 Å². The maximum absolute atomic E-state index is 5.22. The molecule has 11 heavy (non-hydrogen) atoms. The standard InChI is InChI=1S/C6H16O3Si.Ru/c1-4-7-10(8-5-2)9-6-3;/h10H,4-6H2,1-3H3;. The van der Waals surface area contributed by atoms with Crippen LogP contribution in [0.2, 0.25) is 0 Å². The smallest absolute Gasteiger partial charge is 0.376 e. The molecule has 0 radical (unpaired) electrons. The van der Waals surface area contributed by atoms with Crippen molar-refractivity contribution >= 4 is 9.53 Å². The molecule has 0 rings (SSSR count). The second-order valence-corrected chi connectivity index (χ2v) is 3.23. The molecule has 0 aliphatic carbocycles. The molecule has 0 bridgehead atoms. The van der Waals surface area contributed by atoms with Gasteiger partial charge in [0, 0.05) is 39.3 Å². The van der Waals surface area contributed by atoms with Gasteiger partial charge in [0.25, 0.3) is 0 Å². The molecule has 0 aromatic carbocycles. The number of hydrogen-bond donors (Lipinski definition) is 0. The summed E-state index contributed by atoms with van der Waals surface area (Å²) in [6.45, 7) is 7.86. The zero-order valence-corrected chi connectivity index (χ0v) is 10.2. The van der Waals surface area contributed by atoms with Crippen LogP contribution >= 0.6 is 0 Å². The zero-order valence-electron chi connectivity index (χ0n) is 7.28. The Labute approximate surface area is 83.1 Å². The fraction of sp³-hybridized carbons (Fsp3) is 1.00. The van der Waals surface area contributed by atoms with E-state index in [2.05, 4.69) is 0 Å². The van der Waals surface area contributed by atoms with Crippen molar-refractivity contribution in [2.24, 2.45) is 0 Å². The van der Waals surface area contributed by atoms with Crippen LogP contribution in [0.3, 0.4) is 0 Å². The monoisotopic (exact) mass is 266 g/mol. The SMILES string of the molecule is CCO[SiH](OCC)OCC.[Ru]. The van der Waals surface area contributed by atoms with Crippen molar-refractivity contribution < 1.29 is 32.8 Å². The molecule has 0 amide bonds. The summed E-state index contributed by atoms with van der Waals surface area (Å²) in [7, 11) is -1.73. The molecule has 0 aromatic rings. The Morgan fingerprint density at radius 2 is 1.09 bits per heavy atom. The summed E-state index contributed by atoms with van der Waals surface area (Å²) in [6.07, 6.45) is 0. The van der Waals surface area contributed by atoms with E-state index >= 15 is 0 Å². The molecular weight excluding hydrogens is 249 g/mol. The van der Waals surface area contributed by atoms with Gasteiger partial charge < -0.3 is 13.3 Å². The van der Waals surface area contributed by atoms with Crippen molar-refractivity contribution in [3.8, 4) is 0 Å². The maximum Gasteiger partial charge on any atom is 0.484 e. The molecule has 0 spiro atoms. The first-order chi connectivity index (χ1) is 4.85. The van der Waals surface area contributed by atoms with E-state index in [0.29, 0.717) is 19.8 Å². The minimum Gasteiger partial charge on any atom is -0.376 e. The summed E-state index contributed by atoms with van der Waals surface area (Å²) < 4.78 is 15.7. The van der Waals surface area contributed by atoms with E-state index < -0.39 is 9.53 Å². The molecule has 70 valence electrons. The Hall–Kier alpha value is 0.720. The van der Waals surface area contributed by atoms with Crippen molar-refractivity contribution in [1.82, 2.24) is 0 Å². The summed E-state index contributed by atoms with van der Waals surface area (Å²) in [5, 5.41) is 0. The normalized spacial score (nSPS) is 9.82. The van der Waals surface area contributed by atoms with Crippen LogP contribution < -0.4 is 0 Å². The molecule has 0 atom stereocenters. The van der Waals surface area contributed by atoms with Gasteiger partial charge in [0.1, 0.15) is 0 Å². The van der Waals surface area contributed by atoms with Crippen molar-refractivity contribution in [2.75, 3.05) is 19.8 Å². The molecule has 0 saturated carbocycles. The molecule has 3 nitrogen and oxygen atoms in total. The van der Waals surface area contributed by atoms with E-state index in [1.54, 1.807) is 0 Å². The Morgan fingerprint density at radius 1 is 0.818 bits per heavy atom. The summed E-state index contributed by atoms with van der Waals surface area (Å²) in [6, 6.07) is 0. The largest absolute Gasteiger partial charge is 0.484 e. The van der Waals surface area contributed by atoms with Gasteiger partial charge in [0.15, 0.2) is 0 Å². The van der Waals surface area contributed by atoms with Crippen LogP contribution in [0, 0.1) is 0 Å². The molecule has 0 aliphatic rings. The molecule has 0 heterocycles. The van der Waals surface area contributed by atoms with Gasteiger partial charge >= 0.3 is 9.53 Å². The maximum atomic E-state index is 5.22. The minimum atomic E-state index is -1.73. The third-order valence-electron chi connectivity index (χ3n) is 0.908. The van der Waals surface area contributed by atoms with Crippen LogP contribution in [0.25, 0.3) is 0 Å². The number of rotatable bonds is 6. The van der Waals surface area contributed by atoms with Gasteiger partial charge in [-0.3, -0.25) is 0 Å². The van der Waals surface area contributed by atoms with Crippen LogP contribution in [0.1, 0.15) is 20.8 Å². The van der Waals surface area contributed by atoms with Gasteiger partial charge in [0.05, 0.1) is 0 Å². The predicted octanol–water partition coefficient (Wildman–Crippen LogP) is 0.811. The Kier molecular flexibility index (Phi) is 13.9. The van der Waals surface area contributed by atoms with E-state index in [1.807, 2.05) is 20.8 Å². The van der Waals surface area contributed by atoms with Crippen molar-refractivity contribution in [3.63, 3.8) is 0 Å². The quantitative estimate of drug-likeness (QED) is 0.665. The Morgan fingerprint density at radius 3 is 1.27 bits per heavy atom. The van der Waals surface area contributed by atoms with Gasteiger partial charge in [0.2, 0.25) is 0 Å². The minimum absolute atomic E-state index is 0.